The van der Waals surface area contributed by atoms with Crippen LogP contribution in [0.5, 0.6) is 0 Å². The van der Waals surface area contributed by atoms with Gasteiger partial charge in [0.2, 0.25) is 0 Å². The minimum atomic E-state index is -1.65. The van der Waals surface area contributed by atoms with Gasteiger partial charge in [-0.15, -0.1) is 0 Å². The van der Waals surface area contributed by atoms with Crippen molar-refractivity contribution in [2.24, 2.45) is 0 Å². The summed E-state index contributed by atoms with van der Waals surface area (Å²) in [5, 5.41) is 10.9. The quantitative estimate of drug-likeness (QED) is 0.277. The predicted octanol–water partition coefficient (Wildman–Crippen LogP) is 9.01. The van der Waals surface area contributed by atoms with Gasteiger partial charge in [0, 0.05) is 0 Å². The van der Waals surface area contributed by atoms with Crippen LogP contribution < -0.4 is 0 Å². The maximum atomic E-state index is 9.43. The van der Waals surface area contributed by atoms with Gasteiger partial charge in [-0.25, -0.2) is 0 Å². The van der Waals surface area contributed by atoms with Gasteiger partial charge >= 0.3 is 0 Å². The number of hydrogen-bond donors (Lipinski definition) is 1. The van der Waals surface area contributed by atoms with Crippen molar-refractivity contribution in [1.82, 2.24) is 0 Å². The summed E-state index contributed by atoms with van der Waals surface area (Å²) < 4.78 is 0. The second-order valence-electron chi connectivity index (χ2n) is 13.0. The summed E-state index contributed by atoms with van der Waals surface area (Å²) in [5.41, 5.74) is 10.6. The molecule has 1 aliphatic rings. The molecule has 0 radical (unpaired) electrons. The standard InChI is InChI=1S/C34H42OSi/c1-33(2,3)28-16-13-26(14-17-28)29-19-20-34(4,5)31-18-15-27(22-30(29)31)32(36(6,7)8)21-24-9-11-25(23-35)12-10-24/h9-19,21-22,35H,20,23H2,1-8H3. The van der Waals surface area contributed by atoms with Crippen molar-refractivity contribution in [2.45, 2.75) is 78.1 Å². The largest absolute Gasteiger partial charge is 0.392 e. The van der Waals surface area contributed by atoms with Crippen molar-refractivity contribution in [3.05, 3.63) is 112 Å². The number of allylic oxidation sites excluding steroid dienone is 1. The first kappa shape index (κ1) is 26.4. The van der Waals surface area contributed by atoms with Crippen LogP contribution >= 0.6 is 0 Å². The molecule has 1 aliphatic carbocycles. The first-order valence-electron chi connectivity index (χ1n) is 13.2. The molecule has 2 heteroatoms. The molecule has 0 spiro atoms. The molecule has 0 bridgehead atoms. The van der Waals surface area contributed by atoms with Crippen LogP contribution in [0.3, 0.4) is 0 Å². The van der Waals surface area contributed by atoms with E-state index in [9.17, 15) is 5.11 Å². The normalized spacial score (nSPS) is 15.9. The Hall–Kier alpha value is -2.68. The van der Waals surface area contributed by atoms with E-state index in [2.05, 4.69) is 121 Å². The van der Waals surface area contributed by atoms with E-state index in [0.717, 1.165) is 12.0 Å². The van der Waals surface area contributed by atoms with Gasteiger partial charge in [-0.3, -0.25) is 0 Å². The molecule has 0 aliphatic heterocycles. The third kappa shape index (κ3) is 5.50. The van der Waals surface area contributed by atoms with Crippen molar-refractivity contribution < 1.29 is 5.11 Å². The first-order valence-corrected chi connectivity index (χ1v) is 16.7. The molecule has 1 nitrogen and oxygen atoms in total. The second-order valence-corrected chi connectivity index (χ2v) is 18.0. The lowest BCUT2D eigenvalue weighted by molar-refractivity contribution is 0.282. The molecule has 0 atom stereocenters. The summed E-state index contributed by atoms with van der Waals surface area (Å²) in [4.78, 5) is 0. The number of fused-ring (bicyclic) bond motifs is 1. The van der Waals surface area contributed by atoms with Gasteiger partial charge in [-0.05, 0) is 67.8 Å². The van der Waals surface area contributed by atoms with E-state index >= 15 is 0 Å². The number of benzene rings is 3. The lowest BCUT2D eigenvalue weighted by Gasteiger charge is -2.33. The molecule has 0 aromatic heterocycles. The summed E-state index contributed by atoms with van der Waals surface area (Å²) in [5.74, 6) is 0. The van der Waals surface area contributed by atoms with Crippen LogP contribution in [0.4, 0.5) is 0 Å². The van der Waals surface area contributed by atoms with E-state index in [0.29, 0.717) is 0 Å². The molecule has 188 valence electrons. The van der Waals surface area contributed by atoms with E-state index in [1.54, 1.807) is 0 Å². The zero-order valence-electron chi connectivity index (χ0n) is 23.4. The topological polar surface area (TPSA) is 20.2 Å². The van der Waals surface area contributed by atoms with Gasteiger partial charge in [-0.2, -0.15) is 0 Å². The number of aliphatic hydroxyl groups is 1. The third-order valence-electron chi connectivity index (χ3n) is 7.51. The highest BCUT2D eigenvalue weighted by atomic mass is 28.3. The van der Waals surface area contributed by atoms with Gasteiger partial charge in [0.05, 0.1) is 14.7 Å². The van der Waals surface area contributed by atoms with Crippen LogP contribution in [-0.4, -0.2) is 13.2 Å². The molecule has 3 aromatic rings. The highest BCUT2D eigenvalue weighted by Gasteiger charge is 2.30. The molecule has 0 unspecified atom stereocenters. The summed E-state index contributed by atoms with van der Waals surface area (Å²) in [6.07, 6.45) is 5.86. The van der Waals surface area contributed by atoms with Crippen molar-refractivity contribution in [2.75, 3.05) is 0 Å². The maximum absolute atomic E-state index is 9.43. The van der Waals surface area contributed by atoms with Gasteiger partial charge < -0.3 is 5.11 Å². The van der Waals surface area contributed by atoms with Gasteiger partial charge in [0.15, 0.2) is 0 Å². The molecule has 3 aromatic carbocycles. The number of aliphatic hydroxyl groups excluding tert-OH is 1. The molecule has 0 saturated heterocycles. The fourth-order valence-electron chi connectivity index (χ4n) is 5.14. The van der Waals surface area contributed by atoms with E-state index < -0.39 is 8.07 Å². The molecular formula is C34H42OSi. The monoisotopic (exact) mass is 494 g/mol. The van der Waals surface area contributed by atoms with Crippen molar-refractivity contribution >= 4 is 24.9 Å². The molecule has 0 heterocycles. The van der Waals surface area contributed by atoms with Crippen molar-refractivity contribution in [1.29, 1.82) is 0 Å². The fraction of sp³-hybridized carbons (Fsp3) is 0.353. The van der Waals surface area contributed by atoms with E-state index in [4.69, 9.17) is 0 Å². The molecule has 36 heavy (non-hydrogen) atoms. The third-order valence-corrected chi connectivity index (χ3v) is 9.56. The Labute approximate surface area is 219 Å². The van der Waals surface area contributed by atoms with E-state index in [1.165, 1.54) is 44.2 Å². The summed E-state index contributed by atoms with van der Waals surface area (Å²) in [6.45, 7) is 18.9. The smallest absolute Gasteiger partial charge is 0.0784 e. The molecule has 0 saturated carbocycles. The predicted molar refractivity (Wildman–Crippen MR) is 160 cm³/mol. The number of hydrogen-bond acceptors (Lipinski definition) is 1. The summed E-state index contributed by atoms with van der Waals surface area (Å²) in [6, 6.07) is 24.7. The van der Waals surface area contributed by atoms with Gasteiger partial charge in [0.1, 0.15) is 0 Å². The van der Waals surface area contributed by atoms with Crippen LogP contribution in [-0.2, 0) is 17.4 Å². The highest BCUT2D eigenvalue weighted by molar-refractivity contribution is 6.94. The zero-order valence-corrected chi connectivity index (χ0v) is 24.4. The zero-order chi connectivity index (χ0) is 26.3. The van der Waals surface area contributed by atoms with Crippen LogP contribution in [0.15, 0.2) is 72.8 Å². The minimum Gasteiger partial charge on any atom is -0.392 e. The maximum Gasteiger partial charge on any atom is 0.0784 e. The van der Waals surface area contributed by atoms with Crippen molar-refractivity contribution in [3.63, 3.8) is 0 Å². The molecule has 4 rings (SSSR count). The number of rotatable bonds is 5. The minimum absolute atomic E-state index is 0.0807. The Kier molecular flexibility index (Phi) is 7.07. The lowest BCUT2D eigenvalue weighted by atomic mass is 9.71. The SMILES string of the molecule is CC(C)(C)c1ccc(C2=CCC(C)(C)c3ccc(C(=Cc4ccc(CO)cc4)[Si](C)(C)C)cc32)cc1. The Balaban J connectivity index is 1.83. The molecule has 1 N–H and O–H groups in total. The molecule has 0 fully saturated rings. The first-order chi connectivity index (χ1) is 16.8. The lowest BCUT2D eigenvalue weighted by Crippen LogP contribution is -2.25. The van der Waals surface area contributed by atoms with E-state index in [1.807, 2.05) is 12.1 Å². The molecule has 0 amide bonds. The Morgan fingerprint density at radius 1 is 0.917 bits per heavy atom. The van der Waals surface area contributed by atoms with E-state index in [-0.39, 0.29) is 17.4 Å². The molecular weight excluding hydrogens is 452 g/mol. The van der Waals surface area contributed by atoms with Crippen molar-refractivity contribution in [3.8, 4) is 0 Å². The second kappa shape index (κ2) is 9.65. The Morgan fingerprint density at radius 2 is 1.56 bits per heavy atom. The average molecular weight is 495 g/mol. The van der Waals surface area contributed by atoms with Gasteiger partial charge in [0.25, 0.3) is 0 Å². The Bertz CT molecular complexity index is 1290. The van der Waals surface area contributed by atoms with Crippen LogP contribution in [0.2, 0.25) is 19.6 Å². The summed E-state index contributed by atoms with van der Waals surface area (Å²) in [7, 11) is -1.65. The average Bonchev–Trinajstić information content (AvgIpc) is 2.81. The van der Waals surface area contributed by atoms with Crippen LogP contribution in [0.1, 0.15) is 80.0 Å². The van der Waals surface area contributed by atoms with Crippen LogP contribution in [0, 0.1) is 0 Å². The Morgan fingerprint density at radius 3 is 2.11 bits per heavy atom. The highest BCUT2D eigenvalue weighted by Crippen LogP contribution is 2.43. The summed E-state index contributed by atoms with van der Waals surface area (Å²) >= 11 is 0. The fourth-order valence-corrected chi connectivity index (χ4v) is 6.77. The van der Waals surface area contributed by atoms with Gasteiger partial charge in [-0.1, -0.05) is 132 Å². The van der Waals surface area contributed by atoms with Crippen LogP contribution in [0.25, 0.3) is 16.8 Å².